The van der Waals surface area contributed by atoms with Gasteiger partial charge in [0, 0.05) is 19.3 Å². The smallest absolute Gasteiger partial charge is 0.306 e. The highest BCUT2D eigenvalue weighted by Gasteiger charge is 2.19. The third-order valence-corrected chi connectivity index (χ3v) is 12.4. The normalized spacial score (nSPS) is 12.6. The molecule has 6 heteroatoms. The van der Waals surface area contributed by atoms with Crippen LogP contribution in [-0.2, 0) is 28.6 Å². The first-order valence-electron chi connectivity index (χ1n) is 28.9. The zero-order valence-electron chi connectivity index (χ0n) is 44.9. The quantitative estimate of drug-likeness (QED) is 0.0262. The van der Waals surface area contributed by atoms with Crippen LogP contribution in [-0.4, -0.2) is 37.2 Å². The lowest BCUT2D eigenvalue weighted by molar-refractivity contribution is -0.167. The molecule has 0 amide bonds. The van der Waals surface area contributed by atoms with E-state index < -0.39 is 6.10 Å². The second kappa shape index (κ2) is 56.4. The largest absolute Gasteiger partial charge is 0.462 e. The van der Waals surface area contributed by atoms with E-state index in [0.29, 0.717) is 19.3 Å². The van der Waals surface area contributed by atoms with Gasteiger partial charge in [-0.2, -0.15) is 0 Å². The second-order valence-corrected chi connectivity index (χ2v) is 19.2. The van der Waals surface area contributed by atoms with Crippen molar-refractivity contribution >= 4 is 17.9 Å². The molecule has 6 nitrogen and oxygen atoms in total. The van der Waals surface area contributed by atoms with Gasteiger partial charge in [-0.05, 0) is 103 Å². The van der Waals surface area contributed by atoms with Gasteiger partial charge in [0.25, 0.3) is 0 Å². The van der Waals surface area contributed by atoms with Crippen molar-refractivity contribution in [1.82, 2.24) is 0 Å². The van der Waals surface area contributed by atoms with E-state index in [1.807, 2.05) is 0 Å². The van der Waals surface area contributed by atoms with Crippen LogP contribution in [0.3, 0.4) is 0 Å². The molecule has 0 radical (unpaired) electrons. The van der Waals surface area contributed by atoms with E-state index in [2.05, 4.69) is 93.7 Å². The molecular weight excluding hydrogens is 841 g/mol. The molecule has 68 heavy (non-hydrogen) atoms. The fourth-order valence-electron chi connectivity index (χ4n) is 8.06. The van der Waals surface area contributed by atoms with Gasteiger partial charge in [-0.1, -0.05) is 235 Å². The predicted octanol–water partition coefficient (Wildman–Crippen LogP) is 19.4. The first-order valence-corrected chi connectivity index (χ1v) is 28.9. The van der Waals surface area contributed by atoms with Crippen LogP contribution in [0.5, 0.6) is 0 Å². The van der Waals surface area contributed by atoms with Crippen molar-refractivity contribution in [3.05, 3.63) is 72.9 Å². The number of hydrogen-bond donors (Lipinski definition) is 0. The molecule has 0 aromatic rings. The molecular formula is C62H108O6. The van der Waals surface area contributed by atoms with Crippen LogP contribution in [0, 0.1) is 0 Å². The monoisotopic (exact) mass is 949 g/mol. The number of esters is 3. The molecule has 1 unspecified atom stereocenters. The molecule has 0 bridgehead atoms. The molecule has 0 saturated carbocycles. The van der Waals surface area contributed by atoms with Gasteiger partial charge in [0.2, 0.25) is 0 Å². The van der Waals surface area contributed by atoms with Crippen LogP contribution < -0.4 is 0 Å². The van der Waals surface area contributed by atoms with E-state index in [-0.39, 0.29) is 31.1 Å². The average molecular weight is 950 g/mol. The number of carbonyl (C=O) groups is 3. The van der Waals surface area contributed by atoms with Crippen LogP contribution in [0.15, 0.2) is 72.9 Å². The Labute approximate surface area is 421 Å². The maximum Gasteiger partial charge on any atom is 0.306 e. The zero-order valence-corrected chi connectivity index (χ0v) is 44.9. The molecule has 0 aliphatic carbocycles. The van der Waals surface area contributed by atoms with Gasteiger partial charge >= 0.3 is 17.9 Å². The molecule has 0 heterocycles. The number of unbranched alkanes of at least 4 members (excludes halogenated alkanes) is 29. The Bertz CT molecular complexity index is 1270. The number of rotatable bonds is 52. The highest BCUT2D eigenvalue weighted by atomic mass is 16.6. The van der Waals surface area contributed by atoms with Crippen molar-refractivity contribution in [2.45, 2.75) is 290 Å². The molecule has 0 aliphatic heterocycles. The summed E-state index contributed by atoms with van der Waals surface area (Å²) in [5.74, 6) is -0.914. The number of carbonyl (C=O) groups excluding carboxylic acids is 3. The van der Waals surface area contributed by atoms with Crippen LogP contribution in [0.2, 0.25) is 0 Å². The molecule has 0 saturated heterocycles. The Balaban J connectivity index is 4.37. The zero-order chi connectivity index (χ0) is 49.3. The molecule has 0 aliphatic rings. The van der Waals surface area contributed by atoms with Gasteiger partial charge in [-0.3, -0.25) is 14.4 Å². The molecule has 392 valence electrons. The fraction of sp³-hybridized carbons (Fsp3) is 0.758. The summed E-state index contributed by atoms with van der Waals surface area (Å²) in [5, 5.41) is 0. The van der Waals surface area contributed by atoms with Gasteiger partial charge in [-0.25, -0.2) is 0 Å². The number of ether oxygens (including phenoxy) is 3. The Kier molecular flexibility index (Phi) is 53.8. The molecule has 0 aromatic heterocycles. The van der Waals surface area contributed by atoms with E-state index in [4.69, 9.17) is 14.2 Å². The summed E-state index contributed by atoms with van der Waals surface area (Å²) in [6.45, 7) is 6.48. The molecule has 1 atom stereocenters. The Morgan fingerprint density at radius 1 is 0.309 bits per heavy atom. The molecule has 0 aromatic carbocycles. The SMILES string of the molecule is CC/C=C\C/C=C\C/C=C\CCCCCCCC(=O)OC(COC(=O)CCCCCCC/C=C\C/C=C\CCCC)COC(=O)CCCCCCCCCCC/C=C\CCCCCCCCCC. The van der Waals surface area contributed by atoms with Crippen molar-refractivity contribution < 1.29 is 28.6 Å². The number of hydrogen-bond acceptors (Lipinski definition) is 6. The first-order chi connectivity index (χ1) is 33.5. The van der Waals surface area contributed by atoms with Crippen molar-refractivity contribution in [3.8, 4) is 0 Å². The Morgan fingerprint density at radius 3 is 0.956 bits per heavy atom. The van der Waals surface area contributed by atoms with Crippen molar-refractivity contribution in [3.63, 3.8) is 0 Å². The van der Waals surface area contributed by atoms with E-state index in [0.717, 1.165) is 122 Å². The highest BCUT2D eigenvalue weighted by molar-refractivity contribution is 5.71. The Hall–Kier alpha value is -3.15. The molecule has 0 rings (SSSR count). The summed E-state index contributed by atoms with van der Waals surface area (Å²) in [6, 6.07) is 0. The summed E-state index contributed by atoms with van der Waals surface area (Å²) in [5.41, 5.74) is 0. The first kappa shape index (κ1) is 64.8. The predicted molar refractivity (Wildman–Crippen MR) is 293 cm³/mol. The van der Waals surface area contributed by atoms with E-state index >= 15 is 0 Å². The lowest BCUT2D eigenvalue weighted by atomic mass is 10.1. The van der Waals surface area contributed by atoms with E-state index in [9.17, 15) is 14.4 Å². The van der Waals surface area contributed by atoms with Gasteiger partial charge in [0.1, 0.15) is 13.2 Å². The molecule has 0 spiro atoms. The molecule has 0 N–H and O–H groups in total. The van der Waals surface area contributed by atoms with Gasteiger partial charge in [-0.15, -0.1) is 0 Å². The lowest BCUT2D eigenvalue weighted by Crippen LogP contribution is -2.30. The average Bonchev–Trinajstić information content (AvgIpc) is 3.34. The van der Waals surface area contributed by atoms with Gasteiger partial charge < -0.3 is 14.2 Å². The Morgan fingerprint density at radius 2 is 0.588 bits per heavy atom. The molecule has 0 fully saturated rings. The van der Waals surface area contributed by atoms with Crippen molar-refractivity contribution in [2.24, 2.45) is 0 Å². The highest BCUT2D eigenvalue weighted by Crippen LogP contribution is 2.15. The summed E-state index contributed by atoms with van der Waals surface area (Å²) in [4.78, 5) is 38.1. The summed E-state index contributed by atoms with van der Waals surface area (Å²) >= 11 is 0. The standard InChI is InChI=1S/C62H108O6/c1-4-7-10-13-16-19-22-25-28-29-30-31-32-33-35-37-40-43-46-49-52-55-61(64)67-58-59(57-66-60(63)54-51-48-45-42-39-36-27-24-21-18-15-12-9-6-3)68-62(65)56-53-50-47-44-41-38-34-26-23-20-17-14-11-8-5-2/h8,11,15,17-18,20,24,26-27,29-30,34,59H,4-7,9-10,12-14,16,19,21-23,25,28,31-33,35-58H2,1-3H3/b11-8-,18-15-,20-17-,27-24-,30-29-,34-26-. The van der Waals surface area contributed by atoms with Gasteiger partial charge in [0.15, 0.2) is 6.10 Å². The van der Waals surface area contributed by atoms with Crippen molar-refractivity contribution in [2.75, 3.05) is 13.2 Å². The minimum Gasteiger partial charge on any atom is -0.462 e. The third kappa shape index (κ3) is 53.8. The summed E-state index contributed by atoms with van der Waals surface area (Å²) in [6.07, 6.45) is 71.8. The third-order valence-electron chi connectivity index (χ3n) is 12.4. The summed E-state index contributed by atoms with van der Waals surface area (Å²) < 4.78 is 16.8. The lowest BCUT2D eigenvalue weighted by Gasteiger charge is -2.18. The van der Waals surface area contributed by atoms with Crippen LogP contribution in [0.25, 0.3) is 0 Å². The van der Waals surface area contributed by atoms with E-state index in [1.165, 1.54) is 122 Å². The van der Waals surface area contributed by atoms with E-state index in [1.54, 1.807) is 0 Å². The maximum atomic E-state index is 12.8. The topological polar surface area (TPSA) is 78.9 Å². The van der Waals surface area contributed by atoms with Gasteiger partial charge in [0.05, 0.1) is 0 Å². The van der Waals surface area contributed by atoms with Crippen LogP contribution in [0.4, 0.5) is 0 Å². The summed E-state index contributed by atoms with van der Waals surface area (Å²) in [7, 11) is 0. The maximum absolute atomic E-state index is 12.8. The van der Waals surface area contributed by atoms with Crippen LogP contribution in [0.1, 0.15) is 284 Å². The second-order valence-electron chi connectivity index (χ2n) is 19.2. The minimum absolute atomic E-state index is 0.0876. The fourth-order valence-corrected chi connectivity index (χ4v) is 8.06. The number of allylic oxidation sites excluding steroid dienone is 12. The van der Waals surface area contributed by atoms with Crippen molar-refractivity contribution in [1.29, 1.82) is 0 Å². The minimum atomic E-state index is -0.791. The van der Waals surface area contributed by atoms with Crippen LogP contribution >= 0.6 is 0 Å².